The number of fused-ring (bicyclic) bond motifs is 2. The molecular formula is C8H12ClN3O2S. The van der Waals surface area contributed by atoms with Gasteiger partial charge in [0.15, 0.2) is 0 Å². The molecule has 5 nitrogen and oxygen atoms in total. The Bertz CT molecular complexity index is 307. The predicted molar refractivity (Wildman–Crippen MR) is 58.0 cm³/mol. The van der Waals surface area contributed by atoms with Gasteiger partial charge in [0.05, 0.1) is 24.9 Å². The number of halogens is 1. The first kappa shape index (κ1) is 10.9. The van der Waals surface area contributed by atoms with Gasteiger partial charge in [0, 0.05) is 24.9 Å². The minimum atomic E-state index is 0. The van der Waals surface area contributed by atoms with Crippen molar-refractivity contribution in [1.29, 1.82) is 0 Å². The molecule has 7 heteroatoms. The highest BCUT2D eigenvalue weighted by molar-refractivity contribution is 6.99. The van der Waals surface area contributed by atoms with Gasteiger partial charge in [0.1, 0.15) is 0 Å². The number of rotatable bonds is 0. The van der Waals surface area contributed by atoms with Gasteiger partial charge in [-0.15, -0.1) is 21.2 Å². The smallest absolute Gasteiger partial charge is 0.291 e. The SMILES string of the molecule is C1NC[C@H]2COc3nsnc3OC[C@@H]12.Cl. The van der Waals surface area contributed by atoms with E-state index in [-0.39, 0.29) is 12.4 Å². The zero-order chi connectivity index (χ0) is 9.38. The molecule has 0 aromatic carbocycles. The normalized spacial score (nSPS) is 28.5. The van der Waals surface area contributed by atoms with Crippen LogP contribution in [-0.2, 0) is 0 Å². The van der Waals surface area contributed by atoms with E-state index in [0.29, 0.717) is 23.6 Å². The van der Waals surface area contributed by atoms with E-state index in [1.165, 1.54) is 0 Å². The van der Waals surface area contributed by atoms with Crippen LogP contribution < -0.4 is 14.8 Å². The highest BCUT2D eigenvalue weighted by Crippen LogP contribution is 2.29. The average molecular weight is 250 g/mol. The fourth-order valence-electron chi connectivity index (χ4n) is 1.90. The number of ether oxygens (including phenoxy) is 2. The van der Waals surface area contributed by atoms with Gasteiger partial charge in [-0.25, -0.2) is 0 Å². The lowest BCUT2D eigenvalue weighted by Gasteiger charge is -2.21. The van der Waals surface area contributed by atoms with Crippen LogP contribution in [0.25, 0.3) is 0 Å². The Kier molecular flexibility index (Phi) is 3.28. The van der Waals surface area contributed by atoms with Crippen LogP contribution in [-0.4, -0.2) is 35.1 Å². The summed E-state index contributed by atoms with van der Waals surface area (Å²) in [6, 6.07) is 0. The summed E-state index contributed by atoms with van der Waals surface area (Å²) < 4.78 is 19.2. The molecule has 1 aromatic heterocycles. The van der Waals surface area contributed by atoms with Crippen LogP contribution in [0, 0.1) is 11.8 Å². The Morgan fingerprint density at radius 2 is 1.60 bits per heavy atom. The molecule has 2 aliphatic rings. The van der Waals surface area contributed by atoms with Crippen LogP contribution in [0.3, 0.4) is 0 Å². The second-order valence-electron chi connectivity index (χ2n) is 3.67. The van der Waals surface area contributed by atoms with Gasteiger partial charge < -0.3 is 14.8 Å². The fraction of sp³-hybridized carbons (Fsp3) is 0.750. The van der Waals surface area contributed by atoms with Crippen LogP contribution in [0.2, 0.25) is 0 Å². The third-order valence-corrected chi connectivity index (χ3v) is 3.27. The summed E-state index contributed by atoms with van der Waals surface area (Å²) >= 11 is 1.14. The molecule has 0 amide bonds. The van der Waals surface area contributed by atoms with Crippen LogP contribution in [0.1, 0.15) is 0 Å². The summed E-state index contributed by atoms with van der Waals surface area (Å²) in [6.45, 7) is 3.47. The van der Waals surface area contributed by atoms with Gasteiger partial charge in [-0.2, -0.15) is 0 Å². The lowest BCUT2D eigenvalue weighted by Crippen LogP contribution is -2.27. The van der Waals surface area contributed by atoms with Crippen molar-refractivity contribution in [3.8, 4) is 11.8 Å². The molecule has 3 heterocycles. The lowest BCUT2D eigenvalue weighted by molar-refractivity contribution is 0.138. The van der Waals surface area contributed by atoms with Crippen LogP contribution in [0.5, 0.6) is 11.8 Å². The maximum absolute atomic E-state index is 5.55. The van der Waals surface area contributed by atoms with Gasteiger partial charge in [0.2, 0.25) is 0 Å². The Morgan fingerprint density at radius 3 is 2.13 bits per heavy atom. The van der Waals surface area contributed by atoms with E-state index < -0.39 is 0 Å². The largest absolute Gasteiger partial charge is 0.473 e. The third kappa shape index (κ3) is 2.02. The summed E-state index contributed by atoms with van der Waals surface area (Å²) in [5.41, 5.74) is 0. The monoisotopic (exact) mass is 249 g/mol. The first-order chi connectivity index (χ1) is 6.93. The van der Waals surface area contributed by atoms with Crippen molar-refractivity contribution < 1.29 is 9.47 Å². The van der Waals surface area contributed by atoms with Gasteiger partial charge >= 0.3 is 0 Å². The van der Waals surface area contributed by atoms with Gasteiger partial charge in [-0.3, -0.25) is 0 Å². The second kappa shape index (κ2) is 4.51. The number of nitrogens with zero attached hydrogens (tertiary/aromatic N) is 2. The Labute approximate surface area is 97.9 Å². The standard InChI is InChI=1S/C8H11N3O2S.ClH/c1-5-3-12-7-8(11-14-10-7)13-4-6(5)2-9-1;/h5-6,9H,1-4H2;1H/t5-,6+;. The molecule has 2 atom stereocenters. The molecule has 0 spiro atoms. The molecule has 0 saturated carbocycles. The molecule has 0 radical (unpaired) electrons. The van der Waals surface area contributed by atoms with E-state index in [1.807, 2.05) is 0 Å². The summed E-state index contributed by atoms with van der Waals surface area (Å²) in [5, 5.41) is 3.34. The van der Waals surface area contributed by atoms with E-state index >= 15 is 0 Å². The Hall–Kier alpha value is -0.590. The molecule has 84 valence electrons. The van der Waals surface area contributed by atoms with E-state index in [4.69, 9.17) is 9.47 Å². The minimum absolute atomic E-state index is 0. The van der Waals surface area contributed by atoms with Crippen LogP contribution in [0.15, 0.2) is 0 Å². The molecule has 1 N–H and O–H groups in total. The highest BCUT2D eigenvalue weighted by atomic mass is 35.5. The van der Waals surface area contributed by atoms with Crippen molar-refractivity contribution in [1.82, 2.24) is 14.1 Å². The van der Waals surface area contributed by atoms with Crippen LogP contribution in [0.4, 0.5) is 0 Å². The lowest BCUT2D eigenvalue weighted by atomic mass is 9.98. The third-order valence-electron chi connectivity index (χ3n) is 2.78. The second-order valence-corrected chi connectivity index (χ2v) is 4.20. The molecule has 1 aromatic rings. The minimum Gasteiger partial charge on any atom is -0.473 e. The summed E-state index contributed by atoms with van der Waals surface area (Å²) in [6.07, 6.45) is 0. The van der Waals surface area contributed by atoms with Crippen molar-refractivity contribution in [2.24, 2.45) is 11.8 Å². The molecule has 1 fully saturated rings. The van der Waals surface area contributed by atoms with Crippen LogP contribution >= 0.6 is 24.1 Å². The summed E-state index contributed by atoms with van der Waals surface area (Å²) in [5.74, 6) is 2.20. The van der Waals surface area contributed by atoms with Gasteiger partial charge in [0.25, 0.3) is 11.8 Å². The molecule has 0 bridgehead atoms. The number of hydrogen-bond donors (Lipinski definition) is 1. The van der Waals surface area contributed by atoms with E-state index in [1.54, 1.807) is 0 Å². The zero-order valence-electron chi connectivity index (χ0n) is 8.01. The maximum atomic E-state index is 5.55. The summed E-state index contributed by atoms with van der Waals surface area (Å²) in [7, 11) is 0. The number of hydrogen-bond acceptors (Lipinski definition) is 6. The van der Waals surface area contributed by atoms with Crippen molar-refractivity contribution in [3.63, 3.8) is 0 Å². The Morgan fingerprint density at radius 1 is 1.07 bits per heavy atom. The summed E-state index contributed by atoms with van der Waals surface area (Å²) in [4.78, 5) is 0. The first-order valence-corrected chi connectivity index (χ1v) is 5.45. The number of aromatic nitrogens is 2. The molecule has 15 heavy (non-hydrogen) atoms. The number of nitrogens with one attached hydrogen (secondary N) is 1. The highest BCUT2D eigenvalue weighted by Gasteiger charge is 2.31. The van der Waals surface area contributed by atoms with Gasteiger partial charge in [-0.1, -0.05) is 0 Å². The molecular weight excluding hydrogens is 238 g/mol. The molecule has 1 saturated heterocycles. The first-order valence-electron chi connectivity index (χ1n) is 4.72. The van der Waals surface area contributed by atoms with E-state index in [0.717, 1.165) is 38.0 Å². The van der Waals surface area contributed by atoms with Crippen molar-refractivity contribution >= 4 is 24.1 Å². The quantitative estimate of drug-likeness (QED) is 0.729. The molecule has 0 unspecified atom stereocenters. The van der Waals surface area contributed by atoms with E-state index in [9.17, 15) is 0 Å². The molecule has 2 aliphatic heterocycles. The maximum Gasteiger partial charge on any atom is 0.291 e. The topological polar surface area (TPSA) is 56.3 Å². The van der Waals surface area contributed by atoms with Crippen molar-refractivity contribution in [3.05, 3.63) is 0 Å². The fourth-order valence-corrected chi connectivity index (χ4v) is 2.35. The predicted octanol–water partition coefficient (Wildman–Crippen LogP) is 0.567. The Balaban J connectivity index is 0.000000853. The van der Waals surface area contributed by atoms with E-state index in [2.05, 4.69) is 14.1 Å². The zero-order valence-corrected chi connectivity index (χ0v) is 9.64. The molecule has 0 aliphatic carbocycles. The van der Waals surface area contributed by atoms with Crippen molar-refractivity contribution in [2.75, 3.05) is 26.3 Å². The van der Waals surface area contributed by atoms with Gasteiger partial charge in [-0.05, 0) is 0 Å². The average Bonchev–Trinajstić information content (AvgIpc) is 2.75. The molecule has 3 rings (SSSR count). The van der Waals surface area contributed by atoms with Crippen molar-refractivity contribution in [2.45, 2.75) is 0 Å².